The number of aromatic hydroxyl groups is 1. The molecule has 0 aliphatic heterocycles. The van der Waals surface area contributed by atoms with E-state index in [4.69, 9.17) is 4.42 Å². The minimum atomic E-state index is -0.214. The first kappa shape index (κ1) is 11.0. The van der Waals surface area contributed by atoms with E-state index in [1.54, 1.807) is 24.3 Å². The highest BCUT2D eigenvalue weighted by atomic mass is 16.3. The van der Waals surface area contributed by atoms with Gasteiger partial charge in [0.1, 0.15) is 11.3 Å². The van der Waals surface area contributed by atoms with Gasteiger partial charge in [0, 0.05) is 16.8 Å². The first-order valence-corrected chi connectivity index (χ1v) is 6.17. The summed E-state index contributed by atoms with van der Waals surface area (Å²) < 4.78 is 5.35. The van der Waals surface area contributed by atoms with E-state index in [1.807, 2.05) is 12.1 Å². The Balaban J connectivity index is 2.39. The summed E-state index contributed by atoms with van der Waals surface area (Å²) in [4.78, 5) is 17.0. The lowest BCUT2D eigenvalue weighted by Crippen LogP contribution is -2.04. The number of benzene rings is 2. The molecule has 0 aliphatic carbocycles. The smallest absolute Gasteiger partial charge is 0.201 e. The molecule has 2 heterocycles. The number of fused-ring (bicyclic) bond motifs is 4. The van der Waals surface area contributed by atoms with Gasteiger partial charge < -0.3 is 9.52 Å². The number of pyridine rings is 1. The molecule has 4 aromatic rings. The topological polar surface area (TPSA) is 63.3 Å². The van der Waals surface area contributed by atoms with Gasteiger partial charge >= 0.3 is 0 Å². The van der Waals surface area contributed by atoms with Crippen molar-refractivity contribution in [2.24, 2.45) is 0 Å². The molecule has 0 fully saturated rings. The molecule has 0 bridgehead atoms. The van der Waals surface area contributed by atoms with Gasteiger partial charge in [-0.25, -0.2) is 4.98 Å². The van der Waals surface area contributed by atoms with Crippen molar-refractivity contribution in [2.45, 2.75) is 0 Å². The molecular weight excluding hydrogens is 254 g/mol. The molecule has 96 valence electrons. The standard InChI is InChI=1S/C16H9NO3/c18-12-8-13-10(5-3-7-20-13)15-14(12)16(19)9-4-1-2-6-11(9)17-15/h1-8,18H. The quantitative estimate of drug-likeness (QED) is 0.391. The van der Waals surface area contributed by atoms with Crippen LogP contribution in [0.1, 0.15) is 0 Å². The zero-order valence-corrected chi connectivity index (χ0v) is 10.3. The molecule has 4 heteroatoms. The maximum Gasteiger partial charge on any atom is 0.201 e. The van der Waals surface area contributed by atoms with E-state index in [0.717, 1.165) is 0 Å². The Kier molecular flexibility index (Phi) is 2.09. The number of aromatic nitrogens is 1. The van der Waals surface area contributed by atoms with E-state index in [2.05, 4.69) is 4.98 Å². The minimum absolute atomic E-state index is 0.106. The van der Waals surface area contributed by atoms with Crippen molar-refractivity contribution in [3.8, 4) is 5.75 Å². The van der Waals surface area contributed by atoms with Crippen LogP contribution in [0.4, 0.5) is 0 Å². The molecule has 0 saturated carbocycles. The van der Waals surface area contributed by atoms with E-state index in [-0.39, 0.29) is 16.6 Å². The highest BCUT2D eigenvalue weighted by molar-refractivity contribution is 6.09. The summed E-state index contributed by atoms with van der Waals surface area (Å²) in [5.74, 6) is -0.106. The van der Waals surface area contributed by atoms with Crippen LogP contribution in [-0.2, 0) is 0 Å². The third kappa shape index (κ3) is 1.36. The molecule has 0 atom stereocenters. The van der Waals surface area contributed by atoms with Gasteiger partial charge in [0.15, 0.2) is 0 Å². The predicted molar refractivity (Wildman–Crippen MR) is 77.0 cm³/mol. The second-order valence-corrected chi connectivity index (χ2v) is 4.60. The Bertz CT molecular complexity index is 1030. The molecule has 0 aliphatic rings. The Labute approximate surface area is 112 Å². The molecule has 2 aromatic carbocycles. The van der Waals surface area contributed by atoms with Crippen LogP contribution in [-0.4, -0.2) is 10.1 Å². The monoisotopic (exact) mass is 263 g/mol. The SMILES string of the molecule is O=c1c2ccccc2nc2c1c(O)cc1occcc12. The molecule has 0 unspecified atom stereocenters. The summed E-state index contributed by atoms with van der Waals surface area (Å²) in [6.45, 7) is 0. The van der Waals surface area contributed by atoms with Gasteiger partial charge in [-0.05, 0) is 24.3 Å². The predicted octanol–water partition coefficient (Wildman–Crippen LogP) is 3.20. The highest BCUT2D eigenvalue weighted by Crippen LogP contribution is 2.30. The lowest BCUT2D eigenvalue weighted by Gasteiger charge is -2.06. The summed E-state index contributed by atoms with van der Waals surface area (Å²) in [6.07, 6.45) is 1.52. The molecule has 4 nitrogen and oxygen atoms in total. The lowest BCUT2D eigenvalue weighted by molar-refractivity contribution is 0.480. The summed E-state index contributed by atoms with van der Waals surface area (Å²) in [7, 11) is 0. The third-order valence-corrected chi connectivity index (χ3v) is 3.43. The summed E-state index contributed by atoms with van der Waals surface area (Å²) in [5.41, 5.74) is 1.36. The van der Waals surface area contributed by atoms with E-state index in [9.17, 15) is 9.90 Å². The van der Waals surface area contributed by atoms with Crippen molar-refractivity contribution >= 4 is 32.8 Å². The highest BCUT2D eigenvalue weighted by Gasteiger charge is 2.14. The van der Waals surface area contributed by atoms with Crippen molar-refractivity contribution in [3.05, 3.63) is 59.0 Å². The van der Waals surface area contributed by atoms with E-state index >= 15 is 0 Å². The molecule has 1 N–H and O–H groups in total. The molecule has 0 radical (unpaired) electrons. The molecular formula is C16H9NO3. The molecule has 0 saturated heterocycles. The zero-order valence-electron chi connectivity index (χ0n) is 10.3. The average Bonchev–Trinajstić information content (AvgIpc) is 2.47. The first-order chi connectivity index (χ1) is 9.75. The van der Waals surface area contributed by atoms with Crippen molar-refractivity contribution in [1.82, 2.24) is 4.98 Å². The fourth-order valence-electron chi connectivity index (χ4n) is 2.51. The Morgan fingerprint density at radius 2 is 1.85 bits per heavy atom. The van der Waals surface area contributed by atoms with Crippen LogP contribution in [0.3, 0.4) is 0 Å². The van der Waals surface area contributed by atoms with Crippen molar-refractivity contribution in [1.29, 1.82) is 0 Å². The maximum atomic E-state index is 12.5. The molecule has 4 rings (SSSR count). The molecule has 20 heavy (non-hydrogen) atoms. The fraction of sp³-hybridized carbons (Fsp3) is 0. The first-order valence-electron chi connectivity index (χ1n) is 6.17. The van der Waals surface area contributed by atoms with E-state index < -0.39 is 0 Å². The van der Waals surface area contributed by atoms with Crippen LogP contribution in [0.5, 0.6) is 5.75 Å². The van der Waals surface area contributed by atoms with Crippen LogP contribution < -0.4 is 5.43 Å². The number of rotatable bonds is 0. The molecule has 2 aromatic heterocycles. The van der Waals surface area contributed by atoms with Crippen LogP contribution in [0.15, 0.2) is 57.9 Å². The Morgan fingerprint density at radius 3 is 2.75 bits per heavy atom. The molecule has 0 spiro atoms. The zero-order chi connectivity index (χ0) is 13.7. The molecule has 0 amide bonds. The van der Waals surface area contributed by atoms with Crippen molar-refractivity contribution in [2.75, 3.05) is 0 Å². The largest absolute Gasteiger partial charge is 0.507 e. The van der Waals surface area contributed by atoms with Gasteiger partial charge in [0.2, 0.25) is 5.43 Å². The van der Waals surface area contributed by atoms with E-state index in [0.29, 0.717) is 27.4 Å². The van der Waals surface area contributed by atoms with Gasteiger partial charge in [0.25, 0.3) is 0 Å². The summed E-state index contributed by atoms with van der Waals surface area (Å²) >= 11 is 0. The number of hydrogen-bond donors (Lipinski definition) is 1. The van der Waals surface area contributed by atoms with E-state index in [1.165, 1.54) is 12.3 Å². The third-order valence-electron chi connectivity index (χ3n) is 3.43. The van der Waals surface area contributed by atoms with Crippen LogP contribution in [0.25, 0.3) is 32.8 Å². The minimum Gasteiger partial charge on any atom is -0.507 e. The van der Waals surface area contributed by atoms with Gasteiger partial charge in [-0.1, -0.05) is 12.1 Å². The van der Waals surface area contributed by atoms with Crippen molar-refractivity contribution in [3.63, 3.8) is 0 Å². The van der Waals surface area contributed by atoms with Gasteiger partial charge in [-0.3, -0.25) is 4.79 Å². The van der Waals surface area contributed by atoms with Gasteiger partial charge in [-0.2, -0.15) is 0 Å². The number of phenols is 1. The number of para-hydroxylation sites is 1. The normalized spacial score (nSPS) is 11.4. The van der Waals surface area contributed by atoms with Crippen LogP contribution in [0, 0.1) is 0 Å². The summed E-state index contributed by atoms with van der Waals surface area (Å²) in [5, 5.41) is 11.6. The van der Waals surface area contributed by atoms with Crippen LogP contribution >= 0.6 is 0 Å². The number of hydrogen-bond acceptors (Lipinski definition) is 4. The Morgan fingerprint density at radius 1 is 1.05 bits per heavy atom. The fourth-order valence-corrected chi connectivity index (χ4v) is 2.51. The van der Waals surface area contributed by atoms with Crippen LogP contribution in [0.2, 0.25) is 0 Å². The number of nitrogens with zero attached hydrogens (tertiary/aromatic N) is 1. The van der Waals surface area contributed by atoms with Crippen molar-refractivity contribution < 1.29 is 9.52 Å². The van der Waals surface area contributed by atoms with Gasteiger partial charge in [-0.15, -0.1) is 0 Å². The Hall–Kier alpha value is -2.88. The summed E-state index contributed by atoms with van der Waals surface area (Å²) in [6, 6.07) is 12.1. The average molecular weight is 263 g/mol. The lowest BCUT2D eigenvalue weighted by atomic mass is 10.1. The maximum absolute atomic E-state index is 12.5. The second kappa shape index (κ2) is 3.81. The number of phenolic OH excluding ortho intramolecular Hbond substituents is 1. The second-order valence-electron chi connectivity index (χ2n) is 4.60. The van der Waals surface area contributed by atoms with Gasteiger partial charge in [0.05, 0.1) is 22.7 Å².